The molecular formula is C26H30N2O3S. The maximum absolute atomic E-state index is 13.4. The van der Waals surface area contributed by atoms with E-state index < -0.39 is 16.1 Å². The molecule has 3 aromatic carbocycles. The van der Waals surface area contributed by atoms with Gasteiger partial charge in [0, 0.05) is 5.69 Å². The molecule has 0 saturated carbocycles. The molecule has 0 aliphatic carbocycles. The first-order valence-electron chi connectivity index (χ1n) is 10.7. The van der Waals surface area contributed by atoms with Crippen LogP contribution in [-0.2, 0) is 27.7 Å². The average Bonchev–Trinajstić information content (AvgIpc) is 2.73. The Morgan fingerprint density at radius 1 is 0.906 bits per heavy atom. The van der Waals surface area contributed by atoms with Crippen LogP contribution in [0, 0.1) is 20.8 Å². The molecule has 5 nitrogen and oxygen atoms in total. The molecule has 0 unspecified atom stereocenters. The summed E-state index contributed by atoms with van der Waals surface area (Å²) >= 11 is 0. The van der Waals surface area contributed by atoms with Gasteiger partial charge in [-0.3, -0.25) is 4.79 Å². The Morgan fingerprint density at radius 3 is 2.12 bits per heavy atom. The maximum atomic E-state index is 13.4. The third-order valence-corrected chi connectivity index (χ3v) is 7.20. The van der Waals surface area contributed by atoms with Gasteiger partial charge in [-0.25, -0.2) is 8.42 Å². The molecule has 0 radical (unpaired) electrons. The average molecular weight is 451 g/mol. The predicted octanol–water partition coefficient (Wildman–Crippen LogP) is 4.70. The number of aryl methyl sites for hydroxylation is 4. The van der Waals surface area contributed by atoms with Crippen molar-refractivity contribution in [2.24, 2.45) is 0 Å². The van der Waals surface area contributed by atoms with Gasteiger partial charge in [0.15, 0.2) is 0 Å². The topological polar surface area (TPSA) is 75.3 Å². The van der Waals surface area contributed by atoms with Crippen molar-refractivity contribution >= 4 is 21.6 Å². The minimum Gasteiger partial charge on any atom is -0.324 e. The van der Waals surface area contributed by atoms with Gasteiger partial charge in [0.2, 0.25) is 15.9 Å². The predicted molar refractivity (Wildman–Crippen MR) is 129 cm³/mol. The lowest BCUT2D eigenvalue weighted by Crippen LogP contribution is -2.45. The normalized spacial score (nSPS) is 12.4. The van der Waals surface area contributed by atoms with Crippen LogP contribution >= 0.6 is 0 Å². The third-order valence-electron chi connectivity index (χ3n) is 5.43. The van der Waals surface area contributed by atoms with Crippen LogP contribution in [-0.4, -0.2) is 20.4 Å². The largest absolute Gasteiger partial charge is 0.324 e. The van der Waals surface area contributed by atoms with E-state index in [1.54, 1.807) is 13.8 Å². The van der Waals surface area contributed by atoms with Crippen LogP contribution in [0.4, 0.5) is 5.69 Å². The molecule has 6 heteroatoms. The quantitative estimate of drug-likeness (QED) is 0.522. The standard InChI is InChI=1S/C26H30N2O3S/c1-5-22-13-9-10-14-23(22)27-26(29)24(17-21-11-7-6-8-12-21)28-32(30,31)25-19(3)15-18(2)16-20(25)4/h6-16,24,28H,5,17H2,1-4H3,(H,27,29)/t24-/m0/s1. The van der Waals surface area contributed by atoms with Crippen LogP contribution < -0.4 is 10.0 Å². The van der Waals surface area contributed by atoms with E-state index in [0.717, 1.165) is 23.1 Å². The van der Waals surface area contributed by atoms with Crippen molar-refractivity contribution in [3.8, 4) is 0 Å². The van der Waals surface area contributed by atoms with E-state index in [1.807, 2.05) is 80.6 Å². The Morgan fingerprint density at radius 2 is 1.50 bits per heavy atom. The Kier molecular flexibility index (Phi) is 7.48. The van der Waals surface area contributed by atoms with Gasteiger partial charge in [-0.1, -0.05) is 73.2 Å². The Bertz CT molecular complexity index is 1180. The number of anilines is 1. The smallest absolute Gasteiger partial charge is 0.242 e. The highest BCUT2D eigenvalue weighted by molar-refractivity contribution is 7.89. The molecule has 2 N–H and O–H groups in total. The monoisotopic (exact) mass is 450 g/mol. The summed E-state index contributed by atoms with van der Waals surface area (Å²) in [6, 6.07) is 19.7. The number of carbonyl (C=O) groups excluding carboxylic acids is 1. The summed E-state index contributed by atoms with van der Waals surface area (Å²) in [5.74, 6) is -0.388. The van der Waals surface area contributed by atoms with Crippen molar-refractivity contribution in [1.82, 2.24) is 4.72 Å². The van der Waals surface area contributed by atoms with E-state index >= 15 is 0 Å². The lowest BCUT2D eigenvalue weighted by molar-refractivity contribution is -0.117. The minimum absolute atomic E-state index is 0.225. The number of hydrogen-bond donors (Lipinski definition) is 2. The van der Waals surface area contributed by atoms with Crippen LogP contribution in [0.2, 0.25) is 0 Å². The van der Waals surface area contributed by atoms with Crippen LogP contribution in [0.1, 0.15) is 34.7 Å². The maximum Gasteiger partial charge on any atom is 0.242 e. The van der Waals surface area contributed by atoms with Crippen molar-refractivity contribution in [1.29, 1.82) is 0 Å². The van der Waals surface area contributed by atoms with Crippen LogP contribution in [0.3, 0.4) is 0 Å². The fourth-order valence-electron chi connectivity index (χ4n) is 4.04. The van der Waals surface area contributed by atoms with Gasteiger partial charge in [0.25, 0.3) is 0 Å². The summed E-state index contributed by atoms with van der Waals surface area (Å²) in [6.45, 7) is 7.50. The van der Waals surface area contributed by atoms with E-state index in [9.17, 15) is 13.2 Å². The highest BCUT2D eigenvalue weighted by Gasteiger charge is 2.28. The van der Waals surface area contributed by atoms with E-state index in [0.29, 0.717) is 16.8 Å². The highest BCUT2D eigenvalue weighted by atomic mass is 32.2. The number of amides is 1. The summed E-state index contributed by atoms with van der Waals surface area (Å²) < 4.78 is 29.4. The van der Waals surface area contributed by atoms with Crippen molar-refractivity contribution in [3.05, 3.63) is 94.5 Å². The summed E-state index contributed by atoms with van der Waals surface area (Å²) in [4.78, 5) is 13.5. The summed E-state index contributed by atoms with van der Waals surface area (Å²) in [6.07, 6.45) is 0.997. The van der Waals surface area contributed by atoms with E-state index in [1.165, 1.54) is 0 Å². The molecule has 0 fully saturated rings. The molecule has 0 bridgehead atoms. The third kappa shape index (κ3) is 5.64. The van der Waals surface area contributed by atoms with Crippen LogP contribution in [0.5, 0.6) is 0 Å². The second kappa shape index (κ2) is 10.1. The van der Waals surface area contributed by atoms with Gasteiger partial charge in [-0.15, -0.1) is 0 Å². The SMILES string of the molecule is CCc1ccccc1NC(=O)[C@H](Cc1ccccc1)NS(=O)(=O)c1c(C)cc(C)cc1C. The first-order valence-corrected chi connectivity index (χ1v) is 12.2. The molecule has 32 heavy (non-hydrogen) atoms. The summed E-state index contributed by atoms with van der Waals surface area (Å²) in [5, 5.41) is 2.93. The van der Waals surface area contributed by atoms with Gasteiger partial charge in [-0.05, 0) is 61.9 Å². The molecule has 0 saturated heterocycles. The van der Waals surface area contributed by atoms with Crippen molar-refractivity contribution in [2.45, 2.75) is 51.5 Å². The molecule has 0 aromatic heterocycles. The van der Waals surface area contributed by atoms with Crippen LogP contribution in [0.25, 0.3) is 0 Å². The second-order valence-electron chi connectivity index (χ2n) is 8.09. The lowest BCUT2D eigenvalue weighted by atomic mass is 10.1. The molecule has 0 aliphatic heterocycles. The fraction of sp³-hybridized carbons (Fsp3) is 0.269. The highest BCUT2D eigenvalue weighted by Crippen LogP contribution is 2.23. The van der Waals surface area contributed by atoms with Gasteiger partial charge in [0.1, 0.15) is 6.04 Å². The van der Waals surface area contributed by atoms with Crippen molar-refractivity contribution in [2.75, 3.05) is 5.32 Å². The number of rotatable bonds is 8. The Labute approximate surface area is 190 Å². The summed E-state index contributed by atoms with van der Waals surface area (Å²) in [7, 11) is -3.92. The molecule has 1 atom stereocenters. The Hall–Kier alpha value is -2.96. The van der Waals surface area contributed by atoms with E-state index in [-0.39, 0.29) is 17.2 Å². The van der Waals surface area contributed by atoms with Gasteiger partial charge in [0.05, 0.1) is 4.90 Å². The zero-order chi connectivity index (χ0) is 23.3. The van der Waals surface area contributed by atoms with E-state index in [2.05, 4.69) is 10.0 Å². The molecule has 3 aromatic rings. The summed E-state index contributed by atoms with van der Waals surface area (Å²) in [5.41, 5.74) is 4.87. The number of para-hydroxylation sites is 1. The van der Waals surface area contributed by atoms with Gasteiger partial charge < -0.3 is 5.32 Å². The van der Waals surface area contributed by atoms with Crippen LogP contribution in [0.15, 0.2) is 71.6 Å². The number of benzene rings is 3. The molecular weight excluding hydrogens is 420 g/mol. The van der Waals surface area contributed by atoms with Crippen molar-refractivity contribution < 1.29 is 13.2 Å². The number of sulfonamides is 1. The molecule has 168 valence electrons. The molecule has 0 spiro atoms. The van der Waals surface area contributed by atoms with Gasteiger partial charge >= 0.3 is 0 Å². The molecule has 1 amide bonds. The zero-order valence-corrected chi connectivity index (χ0v) is 19.8. The number of hydrogen-bond acceptors (Lipinski definition) is 3. The number of carbonyl (C=O) groups is 1. The Balaban J connectivity index is 1.95. The van der Waals surface area contributed by atoms with Crippen molar-refractivity contribution in [3.63, 3.8) is 0 Å². The zero-order valence-electron chi connectivity index (χ0n) is 19.0. The molecule has 3 rings (SSSR count). The number of nitrogens with one attached hydrogen (secondary N) is 2. The van der Waals surface area contributed by atoms with Gasteiger partial charge in [-0.2, -0.15) is 4.72 Å². The first kappa shape index (κ1) is 23.7. The molecule has 0 heterocycles. The molecule has 0 aliphatic rings. The minimum atomic E-state index is -3.92. The lowest BCUT2D eigenvalue weighted by Gasteiger charge is -2.21. The van der Waals surface area contributed by atoms with E-state index in [4.69, 9.17) is 0 Å². The first-order chi connectivity index (χ1) is 15.2. The fourth-order valence-corrected chi connectivity index (χ4v) is 5.69. The second-order valence-corrected chi connectivity index (χ2v) is 9.74.